The van der Waals surface area contributed by atoms with Crippen molar-refractivity contribution in [3.63, 3.8) is 0 Å². The van der Waals surface area contributed by atoms with E-state index in [2.05, 4.69) is 4.74 Å². The highest BCUT2D eigenvalue weighted by Crippen LogP contribution is 2.12. The number of rotatable bonds is 6. The molecule has 94 valence electrons. The molecule has 0 aromatic heterocycles. The van der Waals surface area contributed by atoms with E-state index in [1.54, 1.807) is 6.92 Å². The van der Waals surface area contributed by atoms with Gasteiger partial charge in [0.05, 0.1) is 13.7 Å². The third-order valence-electron chi connectivity index (χ3n) is 2.42. The molecule has 1 aromatic carbocycles. The molecule has 0 saturated heterocycles. The van der Waals surface area contributed by atoms with Crippen LogP contribution >= 0.6 is 0 Å². The molecule has 0 spiro atoms. The van der Waals surface area contributed by atoms with Crippen LogP contribution in [-0.4, -0.2) is 25.4 Å². The molecular weight excluding hydrogens is 223 g/mol. The number of carbonyl (C=O) groups excluding carboxylic acids is 1. The number of hydrogen-bond acceptors (Lipinski definition) is 3. The fourth-order valence-corrected chi connectivity index (χ4v) is 1.41. The van der Waals surface area contributed by atoms with Crippen LogP contribution in [0.3, 0.4) is 0 Å². The van der Waals surface area contributed by atoms with E-state index in [4.69, 9.17) is 4.74 Å². The molecule has 3 nitrogen and oxygen atoms in total. The monoisotopic (exact) mass is 240 g/mol. The number of ether oxygens (including phenoxy) is 2. The Balaban J connectivity index is 2.58. The van der Waals surface area contributed by atoms with Crippen LogP contribution in [0.2, 0.25) is 0 Å². The molecule has 0 aliphatic rings. The summed E-state index contributed by atoms with van der Waals surface area (Å²) >= 11 is 0. The summed E-state index contributed by atoms with van der Waals surface area (Å²) < 4.78 is 23.3. The molecule has 0 fully saturated rings. The first-order valence-electron chi connectivity index (χ1n) is 5.56. The molecule has 0 saturated carbocycles. The van der Waals surface area contributed by atoms with Gasteiger partial charge in [0.15, 0.2) is 6.10 Å². The first kappa shape index (κ1) is 13.6. The van der Waals surface area contributed by atoms with Gasteiger partial charge in [0.25, 0.3) is 0 Å². The van der Waals surface area contributed by atoms with Gasteiger partial charge in [0, 0.05) is 0 Å². The molecule has 4 heteroatoms. The van der Waals surface area contributed by atoms with Crippen molar-refractivity contribution >= 4 is 5.97 Å². The maximum atomic E-state index is 13.5. The zero-order valence-corrected chi connectivity index (χ0v) is 10.1. The van der Waals surface area contributed by atoms with Crippen LogP contribution in [0.15, 0.2) is 30.3 Å². The average molecular weight is 240 g/mol. The van der Waals surface area contributed by atoms with Crippen LogP contribution in [-0.2, 0) is 20.9 Å². The van der Waals surface area contributed by atoms with E-state index in [0.29, 0.717) is 0 Å². The van der Waals surface area contributed by atoms with Gasteiger partial charge in [-0.15, -0.1) is 0 Å². The van der Waals surface area contributed by atoms with Gasteiger partial charge in [-0.3, -0.25) is 0 Å². The molecule has 2 unspecified atom stereocenters. The van der Waals surface area contributed by atoms with Crippen molar-refractivity contribution in [3.8, 4) is 0 Å². The summed E-state index contributed by atoms with van der Waals surface area (Å²) in [4.78, 5) is 11.3. The van der Waals surface area contributed by atoms with Gasteiger partial charge in [-0.2, -0.15) is 0 Å². The van der Waals surface area contributed by atoms with Crippen molar-refractivity contribution in [2.45, 2.75) is 32.2 Å². The number of methoxy groups -OCH3 is 1. The molecule has 17 heavy (non-hydrogen) atoms. The summed E-state index contributed by atoms with van der Waals surface area (Å²) in [7, 11) is 1.23. The first-order valence-corrected chi connectivity index (χ1v) is 5.56. The zero-order chi connectivity index (χ0) is 12.7. The topological polar surface area (TPSA) is 35.5 Å². The molecule has 1 aromatic rings. The Bertz CT molecular complexity index is 340. The van der Waals surface area contributed by atoms with Gasteiger partial charge in [-0.1, -0.05) is 37.3 Å². The summed E-state index contributed by atoms with van der Waals surface area (Å²) in [5.41, 5.74) is 0.893. The van der Waals surface area contributed by atoms with E-state index in [0.717, 1.165) is 5.56 Å². The van der Waals surface area contributed by atoms with Crippen LogP contribution in [0.5, 0.6) is 0 Å². The largest absolute Gasteiger partial charge is 0.467 e. The van der Waals surface area contributed by atoms with Crippen LogP contribution in [0.1, 0.15) is 18.9 Å². The second kappa shape index (κ2) is 7.01. The number of benzene rings is 1. The van der Waals surface area contributed by atoms with Gasteiger partial charge < -0.3 is 9.47 Å². The van der Waals surface area contributed by atoms with Gasteiger partial charge in [-0.05, 0) is 12.0 Å². The molecule has 0 N–H and O–H groups in total. The summed E-state index contributed by atoms with van der Waals surface area (Å²) in [5, 5.41) is 0. The van der Waals surface area contributed by atoms with Crippen molar-refractivity contribution in [3.05, 3.63) is 35.9 Å². The molecule has 1 rings (SSSR count). The minimum absolute atomic E-state index is 0.195. The average Bonchev–Trinajstić information content (AvgIpc) is 2.39. The van der Waals surface area contributed by atoms with Crippen LogP contribution in [0, 0.1) is 0 Å². The fraction of sp³-hybridized carbons (Fsp3) is 0.462. The lowest BCUT2D eigenvalue weighted by Crippen LogP contribution is -2.34. The van der Waals surface area contributed by atoms with Crippen molar-refractivity contribution in [1.82, 2.24) is 0 Å². The van der Waals surface area contributed by atoms with E-state index in [-0.39, 0.29) is 13.0 Å². The van der Waals surface area contributed by atoms with E-state index in [9.17, 15) is 9.18 Å². The maximum absolute atomic E-state index is 13.5. The zero-order valence-electron chi connectivity index (χ0n) is 10.1. The second-order valence-electron chi connectivity index (χ2n) is 3.66. The number of hydrogen-bond donors (Lipinski definition) is 0. The molecular formula is C13H17FO3. The third kappa shape index (κ3) is 4.15. The fourth-order valence-electron chi connectivity index (χ4n) is 1.41. The summed E-state index contributed by atoms with van der Waals surface area (Å²) in [6, 6.07) is 9.31. The van der Waals surface area contributed by atoms with Gasteiger partial charge in [-0.25, -0.2) is 9.18 Å². The highest BCUT2D eigenvalue weighted by Gasteiger charge is 2.28. The van der Waals surface area contributed by atoms with E-state index in [1.807, 2.05) is 30.3 Å². The Morgan fingerprint density at radius 2 is 2.00 bits per heavy atom. The van der Waals surface area contributed by atoms with Gasteiger partial charge >= 0.3 is 5.97 Å². The number of esters is 1. The Morgan fingerprint density at radius 3 is 2.53 bits per heavy atom. The maximum Gasteiger partial charge on any atom is 0.338 e. The quantitative estimate of drug-likeness (QED) is 0.717. The smallest absolute Gasteiger partial charge is 0.338 e. The molecule has 0 heterocycles. The highest BCUT2D eigenvalue weighted by atomic mass is 19.1. The van der Waals surface area contributed by atoms with Crippen molar-refractivity contribution in [1.29, 1.82) is 0 Å². The van der Waals surface area contributed by atoms with Crippen molar-refractivity contribution < 1.29 is 18.7 Å². The van der Waals surface area contributed by atoms with E-state index >= 15 is 0 Å². The lowest BCUT2D eigenvalue weighted by Gasteiger charge is -2.18. The highest BCUT2D eigenvalue weighted by molar-refractivity contribution is 5.75. The second-order valence-corrected chi connectivity index (χ2v) is 3.66. The van der Waals surface area contributed by atoms with Gasteiger partial charge in [0.1, 0.15) is 6.17 Å². The summed E-state index contributed by atoms with van der Waals surface area (Å²) in [5.74, 6) is -0.671. The SMILES string of the molecule is CCC(F)C(OCc1ccccc1)C(=O)OC. The molecule has 0 aliphatic carbocycles. The standard InChI is InChI=1S/C13H17FO3/c1-3-11(14)12(13(15)16-2)17-9-10-7-5-4-6-8-10/h4-8,11-12H,3,9H2,1-2H3. The molecule has 0 aliphatic heterocycles. The number of halogens is 1. The number of alkyl halides is 1. The Morgan fingerprint density at radius 1 is 1.35 bits per heavy atom. The normalized spacial score (nSPS) is 14.1. The summed E-state index contributed by atoms with van der Waals surface area (Å²) in [6.45, 7) is 1.85. The third-order valence-corrected chi connectivity index (χ3v) is 2.42. The van der Waals surface area contributed by atoms with Crippen molar-refractivity contribution in [2.75, 3.05) is 7.11 Å². The van der Waals surface area contributed by atoms with Gasteiger partial charge in [0.2, 0.25) is 0 Å². The molecule has 0 amide bonds. The summed E-state index contributed by atoms with van der Waals surface area (Å²) in [6.07, 6.45) is -2.27. The minimum atomic E-state index is -1.34. The number of carbonyl (C=O) groups is 1. The molecule has 0 bridgehead atoms. The van der Waals surface area contributed by atoms with Crippen LogP contribution in [0.4, 0.5) is 4.39 Å². The Hall–Kier alpha value is -1.42. The Kier molecular flexibility index (Phi) is 5.63. The minimum Gasteiger partial charge on any atom is -0.467 e. The lowest BCUT2D eigenvalue weighted by atomic mass is 10.1. The predicted molar refractivity (Wildman–Crippen MR) is 62.2 cm³/mol. The lowest BCUT2D eigenvalue weighted by molar-refractivity contribution is -0.160. The predicted octanol–water partition coefficient (Wildman–Crippen LogP) is 2.49. The van der Waals surface area contributed by atoms with E-state index in [1.165, 1.54) is 7.11 Å². The molecule has 0 radical (unpaired) electrons. The van der Waals surface area contributed by atoms with Crippen molar-refractivity contribution in [2.24, 2.45) is 0 Å². The first-order chi connectivity index (χ1) is 8.19. The molecule has 2 atom stereocenters. The van der Waals surface area contributed by atoms with Crippen LogP contribution in [0.25, 0.3) is 0 Å². The Labute approximate surface area is 101 Å². The van der Waals surface area contributed by atoms with Crippen LogP contribution < -0.4 is 0 Å². The van der Waals surface area contributed by atoms with E-state index < -0.39 is 18.2 Å².